The molecule has 47 heavy (non-hydrogen) atoms. The van der Waals surface area contributed by atoms with Crippen LogP contribution < -0.4 is 31.8 Å². The maximum Gasteiger partial charge on any atom is 0.116 e. The quantitative estimate of drug-likeness (QED) is 0.128. The van der Waals surface area contributed by atoms with Gasteiger partial charge in [-0.2, -0.15) is 0 Å². The van der Waals surface area contributed by atoms with Crippen molar-refractivity contribution in [3.63, 3.8) is 0 Å². The molecule has 0 aliphatic rings. The van der Waals surface area contributed by atoms with Crippen LogP contribution in [0.3, 0.4) is 0 Å². The van der Waals surface area contributed by atoms with Crippen molar-refractivity contribution in [2.75, 3.05) is 0 Å². The number of hydrogen-bond donors (Lipinski definition) is 0. The van der Waals surface area contributed by atoms with Gasteiger partial charge in [0.1, 0.15) is 46.4 Å². The van der Waals surface area contributed by atoms with Crippen molar-refractivity contribution in [3.05, 3.63) is 203 Å². The van der Waals surface area contributed by atoms with E-state index in [0.717, 1.165) is 12.3 Å². The summed E-state index contributed by atoms with van der Waals surface area (Å²) in [4.78, 5) is 2.88. The standard InChI is InChI=1S/C44H40P2S/c1-35-43(33-45(37-21-9-3-10-22-37,38-23-11-4-12-24-38)39-25-13-5-14-26-39)44(36(2)47-35)34-46(40-27-15-6-16-28-40,41-29-17-7-18-30-41)42-31-19-8-20-32-42/h3-32H,33-34H2,1-2H3/q+2. The highest BCUT2D eigenvalue weighted by molar-refractivity contribution is 7.95. The van der Waals surface area contributed by atoms with Crippen molar-refractivity contribution >= 4 is 57.7 Å². The summed E-state index contributed by atoms with van der Waals surface area (Å²) >= 11 is 1.98. The van der Waals surface area contributed by atoms with E-state index in [1.54, 1.807) is 0 Å². The molecule has 1 aromatic heterocycles. The first-order valence-electron chi connectivity index (χ1n) is 16.3. The number of aryl methyl sites for hydroxylation is 2. The lowest BCUT2D eigenvalue weighted by Crippen LogP contribution is -2.34. The molecule has 0 unspecified atom stereocenters. The van der Waals surface area contributed by atoms with Crippen molar-refractivity contribution in [2.45, 2.75) is 26.2 Å². The van der Waals surface area contributed by atoms with E-state index in [4.69, 9.17) is 0 Å². The number of benzene rings is 6. The number of thiophene rings is 1. The first-order chi connectivity index (χ1) is 23.1. The topological polar surface area (TPSA) is 0 Å². The Morgan fingerprint density at radius 2 is 0.511 bits per heavy atom. The third-order valence-electron chi connectivity index (χ3n) is 9.49. The highest BCUT2D eigenvalue weighted by atomic mass is 32.1. The molecule has 0 aliphatic carbocycles. The van der Waals surface area contributed by atoms with Crippen LogP contribution >= 0.6 is 25.9 Å². The van der Waals surface area contributed by atoms with E-state index in [1.165, 1.54) is 52.7 Å². The lowest BCUT2D eigenvalue weighted by Gasteiger charge is -2.30. The maximum atomic E-state index is 2.37. The monoisotopic (exact) mass is 662 g/mol. The molecule has 7 aromatic rings. The second kappa shape index (κ2) is 13.9. The SMILES string of the molecule is Cc1sc(C)c(C[P+](c2ccccc2)(c2ccccc2)c2ccccc2)c1C[P+](c1ccccc1)(c1ccccc1)c1ccccc1. The minimum atomic E-state index is -2.08. The molecule has 0 amide bonds. The molecule has 0 atom stereocenters. The van der Waals surface area contributed by atoms with Crippen LogP contribution in [-0.2, 0) is 12.3 Å². The average Bonchev–Trinajstić information content (AvgIpc) is 3.41. The molecule has 0 N–H and O–H groups in total. The molecule has 7 rings (SSSR count). The molecular formula is C44H40P2S+2. The summed E-state index contributed by atoms with van der Waals surface area (Å²) in [5, 5.41) is 8.59. The Morgan fingerprint density at radius 3 is 0.702 bits per heavy atom. The van der Waals surface area contributed by atoms with Crippen LogP contribution in [0, 0.1) is 13.8 Å². The van der Waals surface area contributed by atoms with Crippen molar-refractivity contribution in [1.82, 2.24) is 0 Å². The normalized spacial score (nSPS) is 11.8. The van der Waals surface area contributed by atoms with E-state index in [1.807, 2.05) is 11.3 Å². The third kappa shape index (κ3) is 5.94. The van der Waals surface area contributed by atoms with Gasteiger partial charge in [0.15, 0.2) is 0 Å². The van der Waals surface area contributed by atoms with Crippen LogP contribution in [0.2, 0.25) is 0 Å². The fraction of sp³-hybridized carbons (Fsp3) is 0.0909. The van der Waals surface area contributed by atoms with E-state index in [-0.39, 0.29) is 0 Å². The molecule has 1 heterocycles. The van der Waals surface area contributed by atoms with Crippen molar-refractivity contribution in [3.8, 4) is 0 Å². The van der Waals surface area contributed by atoms with Crippen LogP contribution in [0.4, 0.5) is 0 Å². The van der Waals surface area contributed by atoms with Gasteiger partial charge in [-0.3, -0.25) is 0 Å². The summed E-state index contributed by atoms with van der Waals surface area (Å²) in [6.45, 7) is 4.72. The van der Waals surface area contributed by atoms with Gasteiger partial charge >= 0.3 is 0 Å². The molecule has 0 nitrogen and oxygen atoms in total. The summed E-state index contributed by atoms with van der Waals surface area (Å²) in [6, 6.07) is 68.0. The minimum absolute atomic E-state index is 0.995. The average molecular weight is 663 g/mol. The lowest BCUT2D eigenvalue weighted by molar-refractivity contribution is 1.24. The summed E-state index contributed by atoms with van der Waals surface area (Å²) in [6.07, 6.45) is 1.99. The van der Waals surface area contributed by atoms with Gasteiger partial charge in [-0.1, -0.05) is 109 Å². The van der Waals surface area contributed by atoms with Gasteiger partial charge in [0.25, 0.3) is 0 Å². The zero-order valence-electron chi connectivity index (χ0n) is 27.0. The van der Waals surface area contributed by atoms with Gasteiger partial charge in [-0.15, -0.1) is 11.3 Å². The van der Waals surface area contributed by atoms with Crippen molar-refractivity contribution in [2.24, 2.45) is 0 Å². The Morgan fingerprint density at radius 1 is 0.319 bits per heavy atom. The van der Waals surface area contributed by atoms with Crippen LogP contribution in [0.1, 0.15) is 20.9 Å². The molecule has 0 spiro atoms. The van der Waals surface area contributed by atoms with E-state index < -0.39 is 14.5 Å². The fourth-order valence-electron chi connectivity index (χ4n) is 7.20. The van der Waals surface area contributed by atoms with Crippen LogP contribution in [0.25, 0.3) is 0 Å². The third-order valence-corrected chi connectivity index (χ3v) is 19.3. The van der Waals surface area contributed by atoms with Crippen LogP contribution in [0.15, 0.2) is 182 Å². The van der Waals surface area contributed by atoms with Gasteiger partial charge < -0.3 is 0 Å². The Kier molecular flexibility index (Phi) is 9.33. The Balaban J connectivity index is 1.49. The highest BCUT2D eigenvalue weighted by Gasteiger charge is 2.50. The van der Waals surface area contributed by atoms with Crippen LogP contribution in [-0.4, -0.2) is 0 Å². The zero-order chi connectivity index (χ0) is 32.1. The summed E-state index contributed by atoms with van der Waals surface area (Å²) < 4.78 is 0. The smallest absolute Gasteiger partial charge is 0.116 e. The Bertz CT molecular complexity index is 1680. The van der Waals surface area contributed by atoms with Gasteiger partial charge in [-0.05, 0) is 86.6 Å². The molecule has 230 valence electrons. The summed E-state index contributed by atoms with van der Waals surface area (Å²) in [5.41, 5.74) is 3.06. The van der Waals surface area contributed by atoms with Gasteiger partial charge in [-0.25, -0.2) is 0 Å². The fourth-order valence-corrected chi connectivity index (χ4v) is 17.3. The van der Waals surface area contributed by atoms with E-state index >= 15 is 0 Å². The predicted octanol–water partition coefficient (Wildman–Crippen LogP) is 9.35. The van der Waals surface area contributed by atoms with Crippen LogP contribution in [0.5, 0.6) is 0 Å². The molecule has 0 aliphatic heterocycles. The lowest BCUT2D eigenvalue weighted by atomic mass is 10.1. The second-order valence-corrected chi connectivity index (χ2v) is 20.5. The summed E-state index contributed by atoms with van der Waals surface area (Å²) in [5.74, 6) is 0. The number of hydrogen-bond acceptors (Lipinski definition) is 1. The first-order valence-corrected chi connectivity index (χ1v) is 21.1. The molecule has 0 radical (unpaired) electrons. The van der Waals surface area contributed by atoms with E-state index in [2.05, 4.69) is 196 Å². The minimum Gasteiger partial charge on any atom is -0.145 e. The number of rotatable bonds is 10. The predicted molar refractivity (Wildman–Crippen MR) is 211 cm³/mol. The molecule has 0 fully saturated rings. The van der Waals surface area contributed by atoms with Gasteiger partial charge in [0.2, 0.25) is 0 Å². The molecule has 0 bridgehead atoms. The van der Waals surface area contributed by atoms with Gasteiger partial charge in [0.05, 0.1) is 12.3 Å². The van der Waals surface area contributed by atoms with Crippen molar-refractivity contribution < 1.29 is 0 Å². The molecule has 0 saturated carbocycles. The second-order valence-electron chi connectivity index (χ2n) is 12.1. The first kappa shape index (κ1) is 31.5. The molecule has 3 heteroatoms. The van der Waals surface area contributed by atoms with E-state index in [9.17, 15) is 0 Å². The largest absolute Gasteiger partial charge is 0.145 e. The summed E-state index contributed by atoms with van der Waals surface area (Å²) in [7, 11) is -4.16. The molecule has 6 aromatic carbocycles. The van der Waals surface area contributed by atoms with Gasteiger partial charge in [0, 0.05) is 20.9 Å². The molecule has 0 saturated heterocycles. The molecular weight excluding hydrogens is 622 g/mol. The van der Waals surface area contributed by atoms with E-state index in [0.29, 0.717) is 0 Å². The maximum absolute atomic E-state index is 2.37. The van der Waals surface area contributed by atoms with Crippen molar-refractivity contribution in [1.29, 1.82) is 0 Å². The Labute approximate surface area is 285 Å². The zero-order valence-corrected chi connectivity index (χ0v) is 29.6. The highest BCUT2D eigenvalue weighted by Crippen LogP contribution is 2.63. The Hall–Kier alpha value is -4.12.